The normalized spacial score (nSPS) is 10.7. The third-order valence-corrected chi connectivity index (χ3v) is 3.66. The van der Waals surface area contributed by atoms with Gasteiger partial charge in [-0.05, 0) is 65.1 Å². The van der Waals surface area contributed by atoms with Gasteiger partial charge in [0, 0.05) is 11.1 Å². The molecule has 0 amide bonds. The van der Waals surface area contributed by atoms with Crippen LogP contribution in [0.3, 0.4) is 0 Å². The predicted molar refractivity (Wildman–Crippen MR) is 81.2 cm³/mol. The topological polar surface area (TPSA) is 79.4 Å². The molecule has 3 aromatic rings. The van der Waals surface area contributed by atoms with E-state index in [0.29, 0.717) is 17.3 Å². The molecule has 3 rings (SSSR count). The van der Waals surface area contributed by atoms with E-state index in [1.807, 2.05) is 22.6 Å². The summed E-state index contributed by atoms with van der Waals surface area (Å²) in [6.45, 7) is 0. The van der Waals surface area contributed by atoms with Crippen molar-refractivity contribution < 1.29 is 14.7 Å². The van der Waals surface area contributed by atoms with Crippen molar-refractivity contribution in [1.29, 1.82) is 0 Å². The maximum atomic E-state index is 9.69. The number of hydrogen-bond donors (Lipinski definition) is 2. The Hall–Kier alpha value is -2.09. The zero-order valence-electron chi connectivity index (χ0n) is 10.1. The summed E-state index contributed by atoms with van der Waals surface area (Å²) in [5.74, 6) is 1.12. The summed E-state index contributed by atoms with van der Waals surface area (Å²) in [6, 6.07) is 11.7. The van der Waals surface area contributed by atoms with E-state index in [2.05, 4.69) is 10.1 Å². The zero-order chi connectivity index (χ0) is 14.1. The first kappa shape index (κ1) is 12.9. The van der Waals surface area contributed by atoms with E-state index in [4.69, 9.17) is 4.52 Å². The Kier molecular flexibility index (Phi) is 3.31. The van der Waals surface area contributed by atoms with Crippen molar-refractivity contribution >= 4 is 22.6 Å². The molecule has 0 spiro atoms. The largest absolute Gasteiger partial charge is 0.508 e. The van der Waals surface area contributed by atoms with Crippen molar-refractivity contribution in [3.8, 4) is 34.3 Å². The average molecular weight is 380 g/mol. The predicted octanol–water partition coefficient (Wildman–Crippen LogP) is 3.42. The van der Waals surface area contributed by atoms with E-state index in [9.17, 15) is 10.2 Å². The van der Waals surface area contributed by atoms with Crippen LogP contribution >= 0.6 is 22.6 Å². The Bertz CT molecular complexity index is 753. The van der Waals surface area contributed by atoms with Crippen LogP contribution in [-0.2, 0) is 0 Å². The summed E-state index contributed by atoms with van der Waals surface area (Å²) in [4.78, 5) is 4.28. The number of aromatic nitrogens is 2. The monoisotopic (exact) mass is 380 g/mol. The summed E-state index contributed by atoms with van der Waals surface area (Å²) < 4.78 is 5.95. The van der Waals surface area contributed by atoms with Crippen molar-refractivity contribution in [2.45, 2.75) is 0 Å². The maximum absolute atomic E-state index is 9.69. The first-order valence-corrected chi connectivity index (χ1v) is 6.83. The second-order valence-corrected chi connectivity index (χ2v) is 5.30. The molecule has 0 bridgehead atoms. The van der Waals surface area contributed by atoms with E-state index < -0.39 is 0 Å². The van der Waals surface area contributed by atoms with E-state index >= 15 is 0 Å². The van der Waals surface area contributed by atoms with Crippen LogP contribution in [0.1, 0.15) is 0 Å². The van der Waals surface area contributed by atoms with Crippen LogP contribution in [0.2, 0.25) is 0 Å². The highest BCUT2D eigenvalue weighted by Gasteiger charge is 2.12. The number of nitrogens with zero attached hydrogens (tertiary/aromatic N) is 2. The molecule has 0 radical (unpaired) electrons. The lowest BCUT2D eigenvalue weighted by atomic mass is 10.2. The fourth-order valence-corrected chi connectivity index (χ4v) is 2.05. The highest BCUT2D eigenvalue weighted by molar-refractivity contribution is 14.1. The molecule has 0 aliphatic carbocycles. The molecule has 1 aromatic heterocycles. The first-order valence-electron chi connectivity index (χ1n) is 5.75. The highest BCUT2D eigenvalue weighted by Crippen LogP contribution is 2.28. The molecule has 0 saturated carbocycles. The molecule has 6 heteroatoms. The molecule has 0 aliphatic rings. The smallest absolute Gasteiger partial charge is 0.258 e. The second kappa shape index (κ2) is 5.12. The minimum Gasteiger partial charge on any atom is -0.508 e. The minimum atomic E-state index is 0.174. The number of phenols is 2. The summed E-state index contributed by atoms with van der Waals surface area (Å²) in [6.07, 6.45) is 0. The molecule has 100 valence electrons. The minimum absolute atomic E-state index is 0.174. The van der Waals surface area contributed by atoms with Gasteiger partial charge in [0.15, 0.2) is 0 Å². The summed E-state index contributed by atoms with van der Waals surface area (Å²) in [5, 5.41) is 22.8. The van der Waals surface area contributed by atoms with Gasteiger partial charge in [-0.1, -0.05) is 5.16 Å². The lowest BCUT2D eigenvalue weighted by molar-refractivity contribution is 0.431. The van der Waals surface area contributed by atoms with E-state index in [-0.39, 0.29) is 11.5 Å². The van der Waals surface area contributed by atoms with Crippen molar-refractivity contribution in [1.82, 2.24) is 10.1 Å². The van der Waals surface area contributed by atoms with Crippen LogP contribution in [0.25, 0.3) is 22.8 Å². The average Bonchev–Trinajstić information content (AvgIpc) is 2.92. The molecule has 5 nitrogen and oxygen atoms in total. The van der Waals surface area contributed by atoms with Crippen molar-refractivity contribution in [3.63, 3.8) is 0 Å². The fraction of sp³-hybridized carbons (Fsp3) is 0. The highest BCUT2D eigenvalue weighted by atomic mass is 127. The van der Waals surface area contributed by atoms with Crippen molar-refractivity contribution in [2.75, 3.05) is 0 Å². The van der Waals surface area contributed by atoms with Gasteiger partial charge in [-0.3, -0.25) is 0 Å². The summed E-state index contributed by atoms with van der Waals surface area (Å²) in [5.41, 5.74) is 1.40. The van der Waals surface area contributed by atoms with Gasteiger partial charge in [0.05, 0.1) is 3.57 Å². The van der Waals surface area contributed by atoms with Crippen LogP contribution in [0.15, 0.2) is 47.0 Å². The molecule has 0 unspecified atom stereocenters. The van der Waals surface area contributed by atoms with Gasteiger partial charge in [0.25, 0.3) is 5.89 Å². The SMILES string of the molecule is Oc1ccc(-c2noc(-c3ccc(I)c(O)c3)n2)cc1. The Morgan fingerprint density at radius 2 is 1.65 bits per heavy atom. The molecule has 2 N–H and O–H groups in total. The number of hydrogen-bond acceptors (Lipinski definition) is 5. The van der Waals surface area contributed by atoms with Gasteiger partial charge in [0.1, 0.15) is 11.5 Å². The van der Waals surface area contributed by atoms with E-state index in [0.717, 1.165) is 9.13 Å². The third-order valence-electron chi connectivity index (χ3n) is 2.74. The molecule has 20 heavy (non-hydrogen) atoms. The Balaban J connectivity index is 1.97. The third kappa shape index (κ3) is 2.46. The van der Waals surface area contributed by atoms with Crippen LogP contribution in [0.4, 0.5) is 0 Å². The molecular formula is C14H9IN2O3. The van der Waals surface area contributed by atoms with E-state index in [1.54, 1.807) is 42.5 Å². The maximum Gasteiger partial charge on any atom is 0.258 e. The number of benzene rings is 2. The Labute approximate surface area is 128 Å². The van der Waals surface area contributed by atoms with E-state index in [1.165, 1.54) is 0 Å². The van der Waals surface area contributed by atoms with Crippen LogP contribution in [0.5, 0.6) is 11.5 Å². The molecule has 1 heterocycles. The van der Waals surface area contributed by atoms with Crippen LogP contribution < -0.4 is 0 Å². The summed E-state index contributed by atoms with van der Waals surface area (Å²) in [7, 11) is 0. The van der Waals surface area contributed by atoms with Gasteiger partial charge in [-0.15, -0.1) is 0 Å². The number of halogens is 1. The zero-order valence-corrected chi connectivity index (χ0v) is 12.3. The lowest BCUT2D eigenvalue weighted by Crippen LogP contribution is -1.82. The van der Waals surface area contributed by atoms with Crippen LogP contribution in [0, 0.1) is 3.57 Å². The second-order valence-electron chi connectivity index (χ2n) is 4.14. The van der Waals surface area contributed by atoms with Crippen molar-refractivity contribution in [3.05, 3.63) is 46.0 Å². The first-order chi connectivity index (χ1) is 9.63. The van der Waals surface area contributed by atoms with Gasteiger partial charge in [-0.25, -0.2) is 0 Å². The van der Waals surface area contributed by atoms with Gasteiger partial charge >= 0.3 is 0 Å². The number of aromatic hydroxyl groups is 2. The summed E-state index contributed by atoms with van der Waals surface area (Å²) >= 11 is 2.04. The Morgan fingerprint density at radius 3 is 2.35 bits per heavy atom. The van der Waals surface area contributed by atoms with Gasteiger partial charge in [0.2, 0.25) is 5.82 Å². The standard InChI is InChI=1S/C14H9IN2O3/c15-11-6-3-9(7-12(11)19)14-16-13(17-20-14)8-1-4-10(18)5-2-8/h1-7,18-19H. The van der Waals surface area contributed by atoms with Crippen LogP contribution in [-0.4, -0.2) is 20.4 Å². The van der Waals surface area contributed by atoms with Crippen molar-refractivity contribution in [2.24, 2.45) is 0 Å². The molecule has 2 aromatic carbocycles. The fourth-order valence-electron chi connectivity index (χ4n) is 1.71. The Morgan fingerprint density at radius 1 is 0.950 bits per heavy atom. The quantitative estimate of drug-likeness (QED) is 0.667. The molecular weight excluding hydrogens is 371 g/mol. The number of rotatable bonds is 2. The van der Waals surface area contributed by atoms with Gasteiger partial charge in [-0.2, -0.15) is 4.98 Å². The van der Waals surface area contributed by atoms with Gasteiger partial charge < -0.3 is 14.7 Å². The molecule has 0 fully saturated rings. The molecule has 0 saturated heterocycles. The molecule has 0 atom stereocenters. The molecule has 0 aliphatic heterocycles. The number of phenolic OH excluding ortho intramolecular Hbond substituents is 2. The lowest BCUT2D eigenvalue weighted by Gasteiger charge is -1.98.